The second kappa shape index (κ2) is 4.15. The van der Waals surface area contributed by atoms with E-state index in [1.54, 1.807) is 12.4 Å². The largest absolute Gasteiger partial charge is 0.253 e. The van der Waals surface area contributed by atoms with E-state index < -0.39 is 0 Å². The van der Waals surface area contributed by atoms with Crippen LogP contribution in [0.1, 0.15) is 0 Å². The van der Waals surface area contributed by atoms with Gasteiger partial charge in [-0.25, -0.2) is 0 Å². The molecule has 17 heavy (non-hydrogen) atoms. The lowest BCUT2D eigenvalue weighted by Crippen LogP contribution is -1.84. The molecule has 3 aromatic rings. The van der Waals surface area contributed by atoms with Crippen molar-refractivity contribution >= 4 is 22.6 Å². The van der Waals surface area contributed by atoms with Gasteiger partial charge in [-0.15, -0.1) is 0 Å². The van der Waals surface area contributed by atoms with Gasteiger partial charge in [0.15, 0.2) is 0 Å². The van der Waals surface area contributed by atoms with E-state index in [1.807, 2.05) is 42.5 Å². The first-order valence-corrected chi connectivity index (χ1v) is 5.68. The molecule has 82 valence electrons. The van der Waals surface area contributed by atoms with Crippen LogP contribution in [0.3, 0.4) is 0 Å². The van der Waals surface area contributed by atoms with E-state index >= 15 is 0 Å². The van der Waals surface area contributed by atoms with E-state index in [2.05, 4.69) is 9.97 Å². The summed E-state index contributed by atoms with van der Waals surface area (Å²) in [4.78, 5) is 8.53. The van der Waals surface area contributed by atoms with Gasteiger partial charge in [-0.2, -0.15) is 0 Å². The van der Waals surface area contributed by atoms with Crippen molar-refractivity contribution < 1.29 is 0 Å². The number of aromatic nitrogens is 2. The summed E-state index contributed by atoms with van der Waals surface area (Å²) in [6.07, 6.45) is 3.39. The summed E-state index contributed by atoms with van der Waals surface area (Å²) < 4.78 is 0. The van der Waals surface area contributed by atoms with Crippen LogP contribution in [-0.4, -0.2) is 9.97 Å². The molecule has 1 heterocycles. The van der Waals surface area contributed by atoms with E-state index in [0.29, 0.717) is 0 Å². The maximum absolute atomic E-state index is 6.17. The van der Waals surface area contributed by atoms with E-state index in [9.17, 15) is 0 Å². The standard InChI is InChI=1S/C14H9ClN2/c15-12-4-2-1-3-11(12)10-5-6-13-14(9-10)17-8-7-16-13/h1-9H. The number of rotatable bonds is 1. The summed E-state index contributed by atoms with van der Waals surface area (Å²) in [5.74, 6) is 0. The summed E-state index contributed by atoms with van der Waals surface area (Å²) in [6, 6.07) is 13.8. The summed E-state index contributed by atoms with van der Waals surface area (Å²) in [6.45, 7) is 0. The number of nitrogens with zero attached hydrogens (tertiary/aromatic N) is 2. The van der Waals surface area contributed by atoms with Gasteiger partial charge < -0.3 is 0 Å². The Labute approximate surface area is 104 Å². The minimum Gasteiger partial charge on any atom is -0.253 e. The SMILES string of the molecule is Clc1ccccc1-c1ccc2nccnc2c1. The van der Waals surface area contributed by atoms with Crippen LogP contribution in [0, 0.1) is 0 Å². The predicted molar refractivity (Wildman–Crippen MR) is 70.0 cm³/mol. The second-order valence-electron chi connectivity index (χ2n) is 3.74. The maximum atomic E-state index is 6.17. The van der Waals surface area contributed by atoms with Gasteiger partial charge >= 0.3 is 0 Å². The van der Waals surface area contributed by atoms with E-state index in [-0.39, 0.29) is 0 Å². The summed E-state index contributed by atoms with van der Waals surface area (Å²) in [5, 5.41) is 0.746. The summed E-state index contributed by atoms with van der Waals surface area (Å²) in [7, 11) is 0. The molecule has 0 aliphatic heterocycles. The zero-order valence-electron chi connectivity index (χ0n) is 8.97. The Bertz CT molecular complexity index is 680. The average Bonchev–Trinajstić information content (AvgIpc) is 2.39. The van der Waals surface area contributed by atoms with Crippen molar-refractivity contribution in [1.82, 2.24) is 9.97 Å². The molecule has 2 nitrogen and oxygen atoms in total. The lowest BCUT2D eigenvalue weighted by molar-refractivity contribution is 1.29. The highest BCUT2D eigenvalue weighted by Crippen LogP contribution is 2.28. The van der Waals surface area contributed by atoms with Crippen LogP contribution in [0.2, 0.25) is 5.02 Å². The molecule has 0 radical (unpaired) electrons. The van der Waals surface area contributed by atoms with Gasteiger partial charge in [0.1, 0.15) is 0 Å². The van der Waals surface area contributed by atoms with E-state index in [0.717, 1.165) is 27.2 Å². The molecule has 0 unspecified atom stereocenters. The highest BCUT2D eigenvalue weighted by atomic mass is 35.5. The first-order valence-electron chi connectivity index (χ1n) is 5.30. The molecule has 0 atom stereocenters. The van der Waals surface area contributed by atoms with Crippen LogP contribution in [0.5, 0.6) is 0 Å². The van der Waals surface area contributed by atoms with E-state index in [1.165, 1.54) is 0 Å². The van der Waals surface area contributed by atoms with Gasteiger partial charge in [-0.05, 0) is 23.8 Å². The second-order valence-corrected chi connectivity index (χ2v) is 4.15. The molecular weight excluding hydrogens is 232 g/mol. The monoisotopic (exact) mass is 240 g/mol. The van der Waals surface area contributed by atoms with Gasteiger partial charge in [-0.3, -0.25) is 9.97 Å². The first-order chi connectivity index (χ1) is 8.34. The number of hydrogen-bond donors (Lipinski definition) is 0. The Hall–Kier alpha value is -1.93. The number of fused-ring (bicyclic) bond motifs is 1. The molecule has 0 bridgehead atoms. The molecule has 0 fully saturated rings. The third kappa shape index (κ3) is 1.87. The van der Waals surface area contributed by atoms with Crippen LogP contribution >= 0.6 is 11.6 Å². The molecule has 0 aliphatic rings. The van der Waals surface area contributed by atoms with Crippen LogP contribution in [0.4, 0.5) is 0 Å². The number of benzene rings is 2. The van der Waals surface area contributed by atoms with Crippen molar-refractivity contribution in [2.24, 2.45) is 0 Å². The van der Waals surface area contributed by atoms with Crippen molar-refractivity contribution in [3.63, 3.8) is 0 Å². The molecule has 3 heteroatoms. The minimum absolute atomic E-state index is 0.746. The zero-order chi connectivity index (χ0) is 11.7. The van der Waals surface area contributed by atoms with Crippen molar-refractivity contribution in [3.05, 3.63) is 59.9 Å². The Balaban J connectivity index is 2.22. The average molecular weight is 241 g/mol. The fourth-order valence-electron chi connectivity index (χ4n) is 1.83. The first kappa shape index (κ1) is 10.2. The van der Waals surface area contributed by atoms with Gasteiger partial charge in [0, 0.05) is 23.0 Å². The minimum atomic E-state index is 0.746. The molecule has 0 amide bonds. The van der Waals surface area contributed by atoms with Crippen LogP contribution in [-0.2, 0) is 0 Å². The predicted octanol–water partition coefficient (Wildman–Crippen LogP) is 3.95. The molecule has 3 rings (SSSR count). The Morgan fingerprint density at radius 3 is 2.41 bits per heavy atom. The highest BCUT2D eigenvalue weighted by Gasteiger charge is 2.04. The number of hydrogen-bond acceptors (Lipinski definition) is 2. The van der Waals surface area contributed by atoms with E-state index in [4.69, 9.17) is 11.6 Å². The van der Waals surface area contributed by atoms with Crippen molar-refractivity contribution in [3.8, 4) is 11.1 Å². The molecular formula is C14H9ClN2. The number of halogens is 1. The summed E-state index contributed by atoms with van der Waals surface area (Å²) >= 11 is 6.17. The quantitative estimate of drug-likeness (QED) is 0.644. The van der Waals surface area contributed by atoms with Gasteiger partial charge in [0.2, 0.25) is 0 Å². The molecule has 2 aromatic carbocycles. The lowest BCUT2D eigenvalue weighted by atomic mass is 10.1. The third-order valence-corrected chi connectivity index (χ3v) is 2.98. The molecule has 0 spiro atoms. The third-order valence-electron chi connectivity index (χ3n) is 2.65. The smallest absolute Gasteiger partial charge is 0.0892 e. The molecule has 0 saturated heterocycles. The summed E-state index contributed by atoms with van der Waals surface area (Å²) in [5.41, 5.74) is 3.85. The van der Waals surface area contributed by atoms with Crippen molar-refractivity contribution in [1.29, 1.82) is 0 Å². The Morgan fingerprint density at radius 2 is 1.59 bits per heavy atom. The van der Waals surface area contributed by atoms with Gasteiger partial charge in [0.25, 0.3) is 0 Å². The molecule has 1 aromatic heterocycles. The van der Waals surface area contributed by atoms with Gasteiger partial charge in [-0.1, -0.05) is 35.9 Å². The fraction of sp³-hybridized carbons (Fsp3) is 0. The van der Waals surface area contributed by atoms with Crippen LogP contribution in [0.15, 0.2) is 54.9 Å². The molecule has 0 saturated carbocycles. The zero-order valence-corrected chi connectivity index (χ0v) is 9.72. The molecule has 0 N–H and O–H groups in total. The Kier molecular flexibility index (Phi) is 2.50. The van der Waals surface area contributed by atoms with Crippen LogP contribution < -0.4 is 0 Å². The van der Waals surface area contributed by atoms with Crippen molar-refractivity contribution in [2.75, 3.05) is 0 Å². The van der Waals surface area contributed by atoms with Crippen molar-refractivity contribution in [2.45, 2.75) is 0 Å². The van der Waals surface area contributed by atoms with Crippen LogP contribution in [0.25, 0.3) is 22.2 Å². The highest BCUT2D eigenvalue weighted by molar-refractivity contribution is 6.33. The fourth-order valence-corrected chi connectivity index (χ4v) is 2.07. The normalized spacial score (nSPS) is 10.6. The topological polar surface area (TPSA) is 25.8 Å². The van der Waals surface area contributed by atoms with Gasteiger partial charge in [0.05, 0.1) is 11.0 Å². The molecule has 0 aliphatic carbocycles. The Morgan fingerprint density at radius 1 is 0.824 bits per heavy atom. The lowest BCUT2D eigenvalue weighted by Gasteiger charge is -2.04. The maximum Gasteiger partial charge on any atom is 0.0892 e.